The molecule has 0 saturated heterocycles. The Bertz CT molecular complexity index is 522. The van der Waals surface area contributed by atoms with Gasteiger partial charge in [0.25, 0.3) is 0 Å². The van der Waals surface area contributed by atoms with Crippen LogP contribution in [0.15, 0.2) is 24.3 Å². The van der Waals surface area contributed by atoms with Gasteiger partial charge in [-0.15, -0.1) is 0 Å². The molecule has 1 aliphatic carbocycles. The van der Waals surface area contributed by atoms with Crippen LogP contribution in [-0.4, -0.2) is 12.5 Å². The third-order valence-corrected chi connectivity index (χ3v) is 4.39. The lowest BCUT2D eigenvalue weighted by Crippen LogP contribution is -2.40. The Labute approximate surface area is 127 Å². The topological polar surface area (TPSA) is 52.9 Å². The average Bonchev–Trinajstić information content (AvgIpc) is 2.73. The molecule has 1 aliphatic rings. The van der Waals surface area contributed by atoms with E-state index in [2.05, 4.69) is 36.5 Å². The fourth-order valence-corrected chi connectivity index (χ4v) is 3.08. The summed E-state index contributed by atoms with van der Waals surface area (Å²) in [5.41, 5.74) is 1.67. The summed E-state index contributed by atoms with van der Waals surface area (Å²) in [5.74, 6) is -0.0699. The number of nitriles is 1. The number of benzene rings is 1. The molecule has 0 unspecified atom stereocenters. The number of carbonyl (C=O) groups excluding carboxylic acids is 1. The molecule has 0 aromatic heterocycles. The Balaban J connectivity index is 1.89. The van der Waals surface area contributed by atoms with E-state index in [1.54, 1.807) is 0 Å². The standard InChI is InChI=1S/C18H24N2O/c1-15-7-6-8-16(13-15)9-12-20-17(21)18(14-19)10-4-2-3-5-11-18/h6-8,13H,2-5,9-12H2,1H3,(H,20,21). The third-order valence-electron chi connectivity index (χ3n) is 4.39. The van der Waals surface area contributed by atoms with Gasteiger partial charge in [-0.1, -0.05) is 55.5 Å². The van der Waals surface area contributed by atoms with Gasteiger partial charge in [-0.2, -0.15) is 5.26 Å². The molecule has 3 heteroatoms. The molecule has 1 saturated carbocycles. The summed E-state index contributed by atoms with van der Waals surface area (Å²) in [5, 5.41) is 12.5. The van der Waals surface area contributed by atoms with Crippen molar-refractivity contribution in [1.82, 2.24) is 5.32 Å². The lowest BCUT2D eigenvalue weighted by molar-refractivity contribution is -0.128. The first-order valence-electron chi connectivity index (χ1n) is 7.91. The van der Waals surface area contributed by atoms with Gasteiger partial charge < -0.3 is 5.32 Å². The smallest absolute Gasteiger partial charge is 0.240 e. The molecule has 0 aliphatic heterocycles. The minimum atomic E-state index is -0.789. The minimum Gasteiger partial charge on any atom is -0.354 e. The van der Waals surface area contributed by atoms with E-state index in [0.717, 1.165) is 32.1 Å². The fraction of sp³-hybridized carbons (Fsp3) is 0.556. The SMILES string of the molecule is Cc1cccc(CCNC(=O)C2(C#N)CCCCCC2)c1. The second-order valence-electron chi connectivity index (χ2n) is 6.10. The minimum absolute atomic E-state index is 0.0699. The molecule has 0 atom stereocenters. The zero-order chi connectivity index (χ0) is 15.1. The third kappa shape index (κ3) is 4.07. The molecule has 1 N–H and O–H groups in total. The summed E-state index contributed by atoms with van der Waals surface area (Å²) < 4.78 is 0. The van der Waals surface area contributed by atoms with Crippen LogP contribution in [0.5, 0.6) is 0 Å². The maximum atomic E-state index is 12.4. The van der Waals surface area contributed by atoms with Crippen molar-refractivity contribution in [1.29, 1.82) is 5.26 Å². The molecule has 0 radical (unpaired) electrons. The highest BCUT2D eigenvalue weighted by atomic mass is 16.2. The highest BCUT2D eigenvalue weighted by molar-refractivity contribution is 5.85. The summed E-state index contributed by atoms with van der Waals surface area (Å²) >= 11 is 0. The number of rotatable bonds is 4. The van der Waals surface area contributed by atoms with Crippen LogP contribution in [0.25, 0.3) is 0 Å². The first-order chi connectivity index (χ1) is 10.2. The molecule has 2 rings (SSSR count). The number of carbonyl (C=O) groups is 1. The molecule has 0 spiro atoms. The van der Waals surface area contributed by atoms with Gasteiger partial charge in [0.05, 0.1) is 6.07 Å². The lowest BCUT2D eigenvalue weighted by Gasteiger charge is -2.23. The Hall–Kier alpha value is -1.82. The van der Waals surface area contributed by atoms with Crippen LogP contribution < -0.4 is 5.32 Å². The lowest BCUT2D eigenvalue weighted by atomic mass is 9.81. The number of amides is 1. The van der Waals surface area contributed by atoms with Crippen molar-refractivity contribution in [2.24, 2.45) is 5.41 Å². The summed E-state index contributed by atoms with van der Waals surface area (Å²) in [4.78, 5) is 12.4. The van der Waals surface area contributed by atoms with Crippen molar-refractivity contribution in [3.8, 4) is 6.07 Å². The van der Waals surface area contributed by atoms with E-state index in [1.807, 2.05) is 6.07 Å². The van der Waals surface area contributed by atoms with Crippen LogP contribution in [0.1, 0.15) is 49.7 Å². The molecule has 1 aromatic carbocycles. The summed E-state index contributed by atoms with van der Waals surface area (Å²) in [6.07, 6.45) is 6.48. The van der Waals surface area contributed by atoms with Crippen molar-refractivity contribution in [2.45, 2.75) is 51.9 Å². The van der Waals surface area contributed by atoms with Crippen LogP contribution in [0.2, 0.25) is 0 Å². The van der Waals surface area contributed by atoms with Crippen molar-refractivity contribution in [3.05, 3.63) is 35.4 Å². The second kappa shape index (κ2) is 7.26. The second-order valence-corrected chi connectivity index (χ2v) is 6.10. The molecule has 1 amide bonds. The Morgan fingerprint density at radius 1 is 1.29 bits per heavy atom. The van der Waals surface area contributed by atoms with Gasteiger partial charge in [-0.25, -0.2) is 0 Å². The molecule has 112 valence electrons. The van der Waals surface area contributed by atoms with E-state index in [9.17, 15) is 10.1 Å². The highest BCUT2D eigenvalue weighted by Gasteiger charge is 2.38. The molecular weight excluding hydrogens is 260 g/mol. The first-order valence-corrected chi connectivity index (χ1v) is 7.91. The van der Waals surface area contributed by atoms with Gasteiger partial charge in [0, 0.05) is 6.54 Å². The Morgan fingerprint density at radius 2 is 2.00 bits per heavy atom. The van der Waals surface area contributed by atoms with Crippen LogP contribution in [0, 0.1) is 23.7 Å². The largest absolute Gasteiger partial charge is 0.354 e. The zero-order valence-corrected chi connectivity index (χ0v) is 12.8. The van der Waals surface area contributed by atoms with Crippen LogP contribution in [0.3, 0.4) is 0 Å². The monoisotopic (exact) mass is 284 g/mol. The van der Waals surface area contributed by atoms with Crippen molar-refractivity contribution in [3.63, 3.8) is 0 Å². The van der Waals surface area contributed by atoms with Gasteiger partial charge in [-0.3, -0.25) is 4.79 Å². The van der Waals surface area contributed by atoms with E-state index in [0.29, 0.717) is 19.4 Å². The Morgan fingerprint density at radius 3 is 2.62 bits per heavy atom. The molecular formula is C18H24N2O. The van der Waals surface area contributed by atoms with E-state index in [-0.39, 0.29) is 5.91 Å². The van der Waals surface area contributed by atoms with Crippen molar-refractivity contribution >= 4 is 5.91 Å². The molecule has 0 heterocycles. The number of aryl methyl sites for hydroxylation is 1. The normalized spacial score (nSPS) is 17.5. The number of nitrogens with zero attached hydrogens (tertiary/aromatic N) is 1. The van der Waals surface area contributed by atoms with Crippen LogP contribution in [0.4, 0.5) is 0 Å². The molecule has 0 bridgehead atoms. The molecule has 21 heavy (non-hydrogen) atoms. The van der Waals surface area contributed by atoms with Gasteiger partial charge in [0.2, 0.25) is 5.91 Å². The highest BCUT2D eigenvalue weighted by Crippen LogP contribution is 2.34. The predicted octanol–water partition coefficient (Wildman–Crippen LogP) is 3.52. The zero-order valence-electron chi connectivity index (χ0n) is 12.8. The number of hydrogen-bond acceptors (Lipinski definition) is 2. The first kappa shape index (κ1) is 15.6. The van der Waals surface area contributed by atoms with Crippen LogP contribution in [-0.2, 0) is 11.2 Å². The average molecular weight is 284 g/mol. The quantitative estimate of drug-likeness (QED) is 0.860. The number of nitrogens with one attached hydrogen (secondary N) is 1. The predicted molar refractivity (Wildman–Crippen MR) is 83.6 cm³/mol. The van der Waals surface area contributed by atoms with E-state index in [4.69, 9.17) is 0 Å². The summed E-state index contributed by atoms with van der Waals surface area (Å²) in [6.45, 7) is 2.67. The van der Waals surface area contributed by atoms with Crippen molar-refractivity contribution < 1.29 is 4.79 Å². The Kier molecular flexibility index (Phi) is 5.38. The molecule has 3 nitrogen and oxygen atoms in total. The van der Waals surface area contributed by atoms with E-state index >= 15 is 0 Å². The van der Waals surface area contributed by atoms with E-state index in [1.165, 1.54) is 11.1 Å². The number of hydrogen-bond donors (Lipinski definition) is 1. The van der Waals surface area contributed by atoms with Gasteiger partial charge >= 0.3 is 0 Å². The van der Waals surface area contributed by atoms with Crippen molar-refractivity contribution in [2.75, 3.05) is 6.54 Å². The maximum absolute atomic E-state index is 12.4. The summed E-state index contributed by atoms with van der Waals surface area (Å²) in [7, 11) is 0. The van der Waals surface area contributed by atoms with E-state index < -0.39 is 5.41 Å². The summed E-state index contributed by atoms with van der Waals surface area (Å²) in [6, 6.07) is 10.6. The van der Waals surface area contributed by atoms with Crippen LogP contribution >= 0.6 is 0 Å². The van der Waals surface area contributed by atoms with Gasteiger partial charge in [-0.05, 0) is 31.7 Å². The van der Waals surface area contributed by atoms with Gasteiger partial charge in [0.15, 0.2) is 0 Å². The fourth-order valence-electron chi connectivity index (χ4n) is 3.08. The maximum Gasteiger partial charge on any atom is 0.240 e. The molecule has 1 fully saturated rings. The van der Waals surface area contributed by atoms with Gasteiger partial charge in [0.1, 0.15) is 5.41 Å². The molecule has 1 aromatic rings.